The maximum Gasteiger partial charge on any atom is 0.212 e. The molecule has 0 bridgehead atoms. The normalized spacial score (nSPS) is 12.1. The molecular weight excluding hydrogens is 290 g/mol. The van der Waals surface area contributed by atoms with Crippen molar-refractivity contribution in [3.8, 4) is 5.88 Å². The van der Waals surface area contributed by atoms with Gasteiger partial charge in [0, 0.05) is 51.0 Å². The van der Waals surface area contributed by atoms with Crippen molar-refractivity contribution in [2.24, 2.45) is 4.99 Å². The monoisotopic (exact) mass is 321 g/mol. The molecule has 0 unspecified atom stereocenters. The lowest BCUT2D eigenvalue weighted by Crippen LogP contribution is -2.45. The Labute approximate surface area is 140 Å². The number of nitrogens with one attached hydrogen (secondary N) is 2. The molecule has 23 heavy (non-hydrogen) atoms. The van der Waals surface area contributed by atoms with Gasteiger partial charge in [0.05, 0.1) is 7.11 Å². The van der Waals surface area contributed by atoms with Gasteiger partial charge in [-0.05, 0) is 33.3 Å². The average molecular weight is 321 g/mol. The van der Waals surface area contributed by atoms with Crippen LogP contribution >= 0.6 is 0 Å². The minimum atomic E-state index is 0.539. The molecule has 130 valence electrons. The molecule has 6 heteroatoms. The number of guanidine groups is 1. The van der Waals surface area contributed by atoms with E-state index in [1.54, 1.807) is 20.4 Å². The molecule has 0 saturated carbocycles. The van der Waals surface area contributed by atoms with E-state index in [1.165, 1.54) is 0 Å². The molecule has 0 aliphatic rings. The van der Waals surface area contributed by atoms with Crippen LogP contribution in [0.2, 0.25) is 0 Å². The van der Waals surface area contributed by atoms with Crippen LogP contribution in [0.3, 0.4) is 0 Å². The SMILES string of the molecule is CN=C(NCCN(C(C)C)C(C)C)NCc1ccc(OC)nc1. The Hall–Kier alpha value is -1.82. The Morgan fingerprint density at radius 1 is 1.22 bits per heavy atom. The van der Waals surface area contributed by atoms with Crippen molar-refractivity contribution in [1.29, 1.82) is 0 Å². The second kappa shape index (κ2) is 10.0. The van der Waals surface area contributed by atoms with Crippen molar-refractivity contribution < 1.29 is 4.74 Å². The molecule has 0 spiro atoms. The standard InChI is InChI=1S/C17H31N5O/c1-13(2)22(14(3)4)10-9-19-17(18-5)21-12-15-7-8-16(23-6)20-11-15/h7-8,11,13-14H,9-10,12H2,1-6H3,(H2,18,19,21). The number of nitrogens with zero attached hydrogens (tertiary/aromatic N) is 3. The van der Waals surface area contributed by atoms with Crippen LogP contribution in [-0.4, -0.2) is 55.2 Å². The Bertz CT molecular complexity index is 462. The first-order chi connectivity index (χ1) is 11.0. The lowest BCUT2D eigenvalue weighted by atomic mass is 10.2. The van der Waals surface area contributed by atoms with E-state index in [4.69, 9.17) is 4.74 Å². The first kappa shape index (κ1) is 19.2. The number of hydrogen-bond acceptors (Lipinski definition) is 4. The fourth-order valence-corrected chi connectivity index (χ4v) is 2.46. The number of aromatic nitrogens is 1. The first-order valence-electron chi connectivity index (χ1n) is 8.17. The number of pyridine rings is 1. The van der Waals surface area contributed by atoms with Crippen LogP contribution in [0, 0.1) is 0 Å². The van der Waals surface area contributed by atoms with Gasteiger partial charge in [-0.25, -0.2) is 4.98 Å². The molecule has 1 aromatic rings. The number of rotatable bonds is 8. The molecule has 1 heterocycles. The maximum atomic E-state index is 5.06. The molecular formula is C17H31N5O. The molecule has 0 aromatic carbocycles. The molecule has 0 fully saturated rings. The van der Waals surface area contributed by atoms with Crippen molar-refractivity contribution in [3.05, 3.63) is 23.9 Å². The fraction of sp³-hybridized carbons (Fsp3) is 0.647. The van der Waals surface area contributed by atoms with E-state index >= 15 is 0 Å². The Kier molecular flexibility index (Phi) is 8.40. The quantitative estimate of drug-likeness (QED) is 0.565. The summed E-state index contributed by atoms with van der Waals surface area (Å²) in [5.41, 5.74) is 1.08. The van der Waals surface area contributed by atoms with Crippen molar-refractivity contribution in [2.75, 3.05) is 27.2 Å². The highest BCUT2D eigenvalue weighted by Gasteiger charge is 2.12. The lowest BCUT2D eigenvalue weighted by Gasteiger charge is -2.30. The number of aliphatic imine (C=N–C) groups is 1. The molecule has 1 rings (SSSR count). The van der Waals surface area contributed by atoms with E-state index in [0.717, 1.165) is 24.6 Å². The summed E-state index contributed by atoms with van der Waals surface area (Å²) >= 11 is 0. The summed E-state index contributed by atoms with van der Waals surface area (Å²) in [7, 11) is 3.40. The van der Waals surface area contributed by atoms with E-state index in [1.807, 2.05) is 12.1 Å². The zero-order valence-electron chi connectivity index (χ0n) is 15.3. The van der Waals surface area contributed by atoms with Gasteiger partial charge >= 0.3 is 0 Å². The summed E-state index contributed by atoms with van der Waals surface area (Å²) in [6.07, 6.45) is 1.80. The molecule has 0 saturated heterocycles. The molecule has 2 N–H and O–H groups in total. The summed E-state index contributed by atoms with van der Waals surface area (Å²) in [6, 6.07) is 4.93. The van der Waals surface area contributed by atoms with Crippen LogP contribution in [0.15, 0.2) is 23.3 Å². The molecule has 0 aliphatic carbocycles. The van der Waals surface area contributed by atoms with E-state index in [0.29, 0.717) is 24.5 Å². The van der Waals surface area contributed by atoms with Crippen molar-refractivity contribution >= 4 is 5.96 Å². The van der Waals surface area contributed by atoms with E-state index in [9.17, 15) is 0 Å². The Balaban J connectivity index is 2.39. The largest absolute Gasteiger partial charge is 0.481 e. The van der Waals surface area contributed by atoms with Gasteiger partial charge in [0.25, 0.3) is 0 Å². The smallest absolute Gasteiger partial charge is 0.212 e. The van der Waals surface area contributed by atoms with Crippen LogP contribution in [0.1, 0.15) is 33.3 Å². The van der Waals surface area contributed by atoms with Crippen LogP contribution in [0.5, 0.6) is 5.88 Å². The third-order valence-corrected chi connectivity index (χ3v) is 3.68. The van der Waals surface area contributed by atoms with Crippen LogP contribution in [0.4, 0.5) is 0 Å². The van der Waals surface area contributed by atoms with Gasteiger partial charge in [0.15, 0.2) is 5.96 Å². The fourth-order valence-electron chi connectivity index (χ4n) is 2.46. The third kappa shape index (κ3) is 6.86. The van der Waals surface area contributed by atoms with E-state index < -0.39 is 0 Å². The summed E-state index contributed by atoms with van der Waals surface area (Å²) in [4.78, 5) is 10.9. The van der Waals surface area contributed by atoms with Crippen molar-refractivity contribution in [1.82, 2.24) is 20.5 Å². The Morgan fingerprint density at radius 2 is 1.91 bits per heavy atom. The lowest BCUT2D eigenvalue weighted by molar-refractivity contribution is 0.178. The number of hydrogen-bond donors (Lipinski definition) is 2. The van der Waals surface area contributed by atoms with E-state index in [2.05, 4.69) is 53.2 Å². The second-order valence-corrected chi connectivity index (χ2v) is 5.99. The third-order valence-electron chi connectivity index (χ3n) is 3.68. The maximum absolute atomic E-state index is 5.06. The summed E-state index contributed by atoms with van der Waals surface area (Å²) < 4.78 is 5.06. The van der Waals surface area contributed by atoms with Crippen LogP contribution in [0.25, 0.3) is 0 Å². The number of methoxy groups -OCH3 is 1. The highest BCUT2D eigenvalue weighted by molar-refractivity contribution is 5.79. The molecule has 0 radical (unpaired) electrons. The molecule has 0 amide bonds. The van der Waals surface area contributed by atoms with Gasteiger partial charge in [-0.2, -0.15) is 0 Å². The second-order valence-electron chi connectivity index (χ2n) is 5.99. The first-order valence-corrected chi connectivity index (χ1v) is 8.17. The Morgan fingerprint density at radius 3 is 2.39 bits per heavy atom. The van der Waals surface area contributed by atoms with Gasteiger partial charge in [-0.3, -0.25) is 9.89 Å². The topological polar surface area (TPSA) is 61.8 Å². The predicted molar refractivity (Wildman–Crippen MR) is 96.0 cm³/mol. The molecule has 0 atom stereocenters. The zero-order chi connectivity index (χ0) is 17.2. The zero-order valence-corrected chi connectivity index (χ0v) is 15.3. The molecule has 6 nitrogen and oxygen atoms in total. The van der Waals surface area contributed by atoms with Gasteiger partial charge in [-0.1, -0.05) is 6.07 Å². The van der Waals surface area contributed by atoms with Gasteiger partial charge in [0.2, 0.25) is 5.88 Å². The minimum Gasteiger partial charge on any atom is -0.481 e. The predicted octanol–water partition coefficient (Wildman–Crippen LogP) is 1.87. The summed E-state index contributed by atoms with van der Waals surface area (Å²) in [5, 5.41) is 6.65. The van der Waals surface area contributed by atoms with Crippen molar-refractivity contribution in [3.63, 3.8) is 0 Å². The highest BCUT2D eigenvalue weighted by atomic mass is 16.5. The average Bonchev–Trinajstić information content (AvgIpc) is 2.54. The summed E-state index contributed by atoms with van der Waals surface area (Å²) in [5.74, 6) is 1.42. The summed E-state index contributed by atoms with van der Waals surface area (Å²) in [6.45, 7) is 11.4. The molecule has 0 aliphatic heterocycles. The van der Waals surface area contributed by atoms with Crippen molar-refractivity contribution in [2.45, 2.75) is 46.3 Å². The van der Waals surface area contributed by atoms with Gasteiger partial charge in [0.1, 0.15) is 0 Å². The molecule has 1 aromatic heterocycles. The van der Waals surface area contributed by atoms with Gasteiger partial charge in [-0.15, -0.1) is 0 Å². The number of ether oxygens (including phenoxy) is 1. The van der Waals surface area contributed by atoms with Crippen LogP contribution in [-0.2, 0) is 6.54 Å². The minimum absolute atomic E-state index is 0.539. The highest BCUT2D eigenvalue weighted by Crippen LogP contribution is 2.06. The van der Waals surface area contributed by atoms with Crippen LogP contribution < -0.4 is 15.4 Å². The van der Waals surface area contributed by atoms with Gasteiger partial charge < -0.3 is 15.4 Å². The van der Waals surface area contributed by atoms with E-state index in [-0.39, 0.29) is 0 Å².